The predicted octanol–water partition coefficient (Wildman–Crippen LogP) is 3.81. The van der Waals surface area contributed by atoms with Gasteiger partial charge in [-0.05, 0) is 56.9 Å². The largest absolute Gasteiger partial charge is 0.314 e. The third-order valence-corrected chi connectivity index (χ3v) is 6.29. The number of fused-ring (bicyclic) bond motifs is 2. The smallest absolute Gasteiger partial charge is 0.0113 e. The number of piperidine rings is 2. The maximum Gasteiger partial charge on any atom is 0.0113 e. The summed E-state index contributed by atoms with van der Waals surface area (Å²) < 4.78 is 0. The van der Waals surface area contributed by atoms with Gasteiger partial charge in [0.25, 0.3) is 0 Å². The van der Waals surface area contributed by atoms with Crippen molar-refractivity contribution in [3.05, 3.63) is 0 Å². The maximum atomic E-state index is 3.80. The fourth-order valence-electron chi connectivity index (χ4n) is 5.06. The van der Waals surface area contributed by atoms with Gasteiger partial charge in [0.1, 0.15) is 0 Å². The highest BCUT2D eigenvalue weighted by Crippen LogP contribution is 2.38. The first-order valence-corrected chi connectivity index (χ1v) is 9.27. The molecule has 0 amide bonds. The van der Waals surface area contributed by atoms with E-state index in [4.69, 9.17) is 0 Å². The first-order valence-electron chi connectivity index (χ1n) is 9.27. The van der Waals surface area contributed by atoms with Crippen molar-refractivity contribution in [2.45, 2.75) is 89.8 Å². The highest BCUT2D eigenvalue weighted by molar-refractivity contribution is 4.96. The Bertz CT molecular complexity index is 290. The van der Waals surface area contributed by atoms with E-state index in [-0.39, 0.29) is 0 Å². The molecule has 0 aromatic rings. The third kappa shape index (κ3) is 3.22. The summed E-state index contributed by atoms with van der Waals surface area (Å²) >= 11 is 0. The van der Waals surface area contributed by atoms with Gasteiger partial charge in [-0.25, -0.2) is 0 Å². The number of rotatable bonds is 5. The van der Waals surface area contributed by atoms with Gasteiger partial charge in [-0.1, -0.05) is 33.1 Å². The average Bonchev–Trinajstić information content (AvgIpc) is 2.82. The van der Waals surface area contributed by atoms with Crippen molar-refractivity contribution in [3.8, 4) is 0 Å². The highest BCUT2D eigenvalue weighted by Gasteiger charge is 2.39. The highest BCUT2D eigenvalue weighted by atomic mass is 15.2. The summed E-state index contributed by atoms with van der Waals surface area (Å²) in [7, 11) is 0. The van der Waals surface area contributed by atoms with Gasteiger partial charge < -0.3 is 5.32 Å². The standard InChI is InChI=1S/C18H34N2/c1-3-10-19-16-11-17-8-5-9-18(12-16)20(17)13-15-7-4-6-14(15)2/h14-19H,3-13H2,1-2H3. The predicted molar refractivity (Wildman–Crippen MR) is 86.0 cm³/mol. The Kier molecular flexibility index (Phi) is 5.04. The van der Waals surface area contributed by atoms with Crippen LogP contribution in [0.5, 0.6) is 0 Å². The van der Waals surface area contributed by atoms with Crippen molar-refractivity contribution >= 4 is 0 Å². The summed E-state index contributed by atoms with van der Waals surface area (Å²) in [6.45, 7) is 7.40. The topological polar surface area (TPSA) is 15.3 Å². The molecule has 20 heavy (non-hydrogen) atoms. The summed E-state index contributed by atoms with van der Waals surface area (Å²) in [5.41, 5.74) is 0. The quantitative estimate of drug-likeness (QED) is 0.822. The second-order valence-electron chi connectivity index (χ2n) is 7.73. The molecule has 4 unspecified atom stereocenters. The zero-order valence-electron chi connectivity index (χ0n) is 13.6. The van der Waals surface area contributed by atoms with Crippen LogP contribution in [0.15, 0.2) is 0 Å². The molecule has 2 nitrogen and oxygen atoms in total. The van der Waals surface area contributed by atoms with E-state index in [1.807, 2.05) is 0 Å². The lowest BCUT2D eigenvalue weighted by atomic mass is 9.80. The molecule has 2 heteroatoms. The van der Waals surface area contributed by atoms with Crippen LogP contribution < -0.4 is 5.32 Å². The average molecular weight is 278 g/mol. The zero-order valence-corrected chi connectivity index (χ0v) is 13.6. The molecule has 116 valence electrons. The van der Waals surface area contributed by atoms with Gasteiger partial charge in [0.2, 0.25) is 0 Å². The minimum absolute atomic E-state index is 0.808. The van der Waals surface area contributed by atoms with E-state index in [1.54, 1.807) is 0 Å². The van der Waals surface area contributed by atoms with Crippen molar-refractivity contribution in [1.82, 2.24) is 10.2 Å². The van der Waals surface area contributed by atoms with E-state index in [9.17, 15) is 0 Å². The molecule has 2 bridgehead atoms. The van der Waals surface area contributed by atoms with Gasteiger partial charge in [-0.2, -0.15) is 0 Å². The van der Waals surface area contributed by atoms with Crippen LogP contribution in [0.1, 0.15) is 71.6 Å². The van der Waals surface area contributed by atoms with Gasteiger partial charge in [0, 0.05) is 24.7 Å². The Hall–Kier alpha value is -0.0800. The summed E-state index contributed by atoms with van der Waals surface area (Å²) in [5.74, 6) is 1.98. The lowest BCUT2D eigenvalue weighted by molar-refractivity contribution is 0.00866. The lowest BCUT2D eigenvalue weighted by Gasteiger charge is -2.50. The monoisotopic (exact) mass is 278 g/mol. The molecule has 3 fully saturated rings. The van der Waals surface area contributed by atoms with E-state index in [1.165, 1.54) is 70.9 Å². The first-order chi connectivity index (χ1) is 9.78. The molecule has 0 aromatic heterocycles. The van der Waals surface area contributed by atoms with Crippen molar-refractivity contribution in [2.24, 2.45) is 11.8 Å². The number of hydrogen-bond acceptors (Lipinski definition) is 2. The normalized spacial score (nSPS) is 42.0. The molecule has 0 aromatic carbocycles. The Labute approximate surface area is 125 Å². The van der Waals surface area contributed by atoms with Crippen molar-refractivity contribution in [3.63, 3.8) is 0 Å². The summed E-state index contributed by atoms with van der Waals surface area (Å²) in [5, 5.41) is 3.80. The van der Waals surface area contributed by atoms with E-state index in [0.717, 1.165) is 30.0 Å². The first kappa shape index (κ1) is 14.8. The second kappa shape index (κ2) is 6.79. The third-order valence-electron chi connectivity index (χ3n) is 6.29. The molecular formula is C18H34N2. The number of nitrogens with zero attached hydrogens (tertiary/aromatic N) is 1. The SMILES string of the molecule is CCCNC1CC2CCCC(C1)N2CC1CCCC1C. The van der Waals surface area contributed by atoms with Crippen LogP contribution in [-0.4, -0.2) is 36.1 Å². The van der Waals surface area contributed by atoms with Crippen LogP contribution in [0.2, 0.25) is 0 Å². The molecule has 4 atom stereocenters. The summed E-state index contributed by atoms with van der Waals surface area (Å²) in [6, 6.07) is 2.59. The molecular weight excluding hydrogens is 244 g/mol. The van der Waals surface area contributed by atoms with Crippen LogP contribution >= 0.6 is 0 Å². The van der Waals surface area contributed by atoms with Crippen LogP contribution in [0.4, 0.5) is 0 Å². The second-order valence-corrected chi connectivity index (χ2v) is 7.73. The van der Waals surface area contributed by atoms with Gasteiger partial charge in [0.05, 0.1) is 0 Å². The number of hydrogen-bond donors (Lipinski definition) is 1. The van der Waals surface area contributed by atoms with E-state index in [0.29, 0.717) is 0 Å². The molecule has 0 spiro atoms. The number of nitrogens with one attached hydrogen (secondary N) is 1. The molecule has 2 aliphatic heterocycles. The van der Waals surface area contributed by atoms with Crippen LogP contribution in [0, 0.1) is 11.8 Å². The Balaban J connectivity index is 1.58. The lowest BCUT2D eigenvalue weighted by Crippen LogP contribution is -2.57. The Morgan fingerprint density at radius 2 is 1.70 bits per heavy atom. The zero-order chi connectivity index (χ0) is 13.9. The molecule has 1 saturated carbocycles. The minimum Gasteiger partial charge on any atom is -0.314 e. The fraction of sp³-hybridized carbons (Fsp3) is 1.00. The molecule has 1 N–H and O–H groups in total. The maximum absolute atomic E-state index is 3.80. The molecule has 2 saturated heterocycles. The van der Waals surface area contributed by atoms with Gasteiger partial charge in [-0.3, -0.25) is 4.90 Å². The minimum atomic E-state index is 0.808. The Morgan fingerprint density at radius 1 is 1.00 bits per heavy atom. The van der Waals surface area contributed by atoms with Crippen molar-refractivity contribution < 1.29 is 0 Å². The summed E-state index contributed by atoms with van der Waals surface area (Å²) in [4.78, 5) is 2.94. The van der Waals surface area contributed by atoms with Crippen LogP contribution in [0.25, 0.3) is 0 Å². The van der Waals surface area contributed by atoms with Crippen LogP contribution in [0.3, 0.4) is 0 Å². The molecule has 3 rings (SSSR count). The Morgan fingerprint density at radius 3 is 2.30 bits per heavy atom. The van der Waals surface area contributed by atoms with Crippen LogP contribution in [-0.2, 0) is 0 Å². The fourth-order valence-corrected chi connectivity index (χ4v) is 5.06. The van der Waals surface area contributed by atoms with Gasteiger partial charge in [0.15, 0.2) is 0 Å². The van der Waals surface area contributed by atoms with Crippen molar-refractivity contribution in [1.29, 1.82) is 0 Å². The molecule has 3 aliphatic rings. The van der Waals surface area contributed by atoms with E-state index >= 15 is 0 Å². The van der Waals surface area contributed by atoms with E-state index in [2.05, 4.69) is 24.1 Å². The van der Waals surface area contributed by atoms with E-state index < -0.39 is 0 Å². The molecule has 0 radical (unpaired) electrons. The van der Waals surface area contributed by atoms with Crippen molar-refractivity contribution in [2.75, 3.05) is 13.1 Å². The van der Waals surface area contributed by atoms with Gasteiger partial charge in [-0.15, -0.1) is 0 Å². The van der Waals surface area contributed by atoms with Gasteiger partial charge >= 0.3 is 0 Å². The summed E-state index contributed by atoms with van der Waals surface area (Å²) in [6.07, 6.45) is 13.0. The molecule has 1 aliphatic carbocycles. The molecule has 2 heterocycles.